The standard InChI is InChI=1S/C19H19NO6/c1-4-26-16-7-5-6-12(11-16)17(21)20-15-9-13(18(22)24-2)8-14(10-15)19(23)25-3/h5-11H,4H2,1-3H3,(H,20,21). The highest BCUT2D eigenvalue weighted by Crippen LogP contribution is 2.19. The average molecular weight is 357 g/mol. The summed E-state index contributed by atoms with van der Waals surface area (Å²) in [6.07, 6.45) is 0. The van der Waals surface area contributed by atoms with Gasteiger partial charge in [0, 0.05) is 11.3 Å². The molecule has 0 aliphatic rings. The highest BCUT2D eigenvalue weighted by atomic mass is 16.5. The fourth-order valence-corrected chi connectivity index (χ4v) is 2.27. The third-order valence-corrected chi connectivity index (χ3v) is 3.44. The number of ether oxygens (including phenoxy) is 3. The van der Waals surface area contributed by atoms with Crippen molar-refractivity contribution in [3.05, 3.63) is 59.2 Å². The summed E-state index contributed by atoms with van der Waals surface area (Å²) in [6.45, 7) is 2.33. The Morgan fingerprint density at radius 1 is 0.885 bits per heavy atom. The summed E-state index contributed by atoms with van der Waals surface area (Å²) in [5, 5.41) is 2.66. The van der Waals surface area contributed by atoms with E-state index in [1.807, 2.05) is 6.92 Å². The second-order valence-electron chi connectivity index (χ2n) is 5.20. The lowest BCUT2D eigenvalue weighted by atomic mass is 10.1. The van der Waals surface area contributed by atoms with Crippen molar-refractivity contribution < 1.29 is 28.6 Å². The molecule has 136 valence electrons. The molecule has 0 aliphatic carbocycles. The Kier molecular flexibility index (Phi) is 6.32. The Balaban J connectivity index is 2.32. The Morgan fingerprint density at radius 3 is 2.04 bits per heavy atom. The highest BCUT2D eigenvalue weighted by molar-refractivity contribution is 6.06. The van der Waals surface area contributed by atoms with Crippen LogP contribution in [0.5, 0.6) is 5.75 Å². The van der Waals surface area contributed by atoms with Gasteiger partial charge >= 0.3 is 11.9 Å². The minimum absolute atomic E-state index is 0.119. The van der Waals surface area contributed by atoms with Crippen molar-refractivity contribution in [1.29, 1.82) is 0 Å². The zero-order valence-electron chi connectivity index (χ0n) is 14.7. The van der Waals surface area contributed by atoms with Crippen molar-refractivity contribution in [3.8, 4) is 5.75 Å². The van der Waals surface area contributed by atoms with Gasteiger partial charge in [-0.1, -0.05) is 6.07 Å². The van der Waals surface area contributed by atoms with Gasteiger partial charge < -0.3 is 19.5 Å². The predicted octanol–water partition coefficient (Wildman–Crippen LogP) is 2.91. The summed E-state index contributed by atoms with van der Waals surface area (Å²) in [4.78, 5) is 36.1. The van der Waals surface area contributed by atoms with Gasteiger partial charge in [0.05, 0.1) is 32.0 Å². The van der Waals surface area contributed by atoms with Crippen molar-refractivity contribution in [3.63, 3.8) is 0 Å². The van der Waals surface area contributed by atoms with Gasteiger partial charge in [0.25, 0.3) is 5.91 Å². The van der Waals surface area contributed by atoms with E-state index in [0.717, 1.165) is 0 Å². The van der Waals surface area contributed by atoms with Gasteiger partial charge in [-0.05, 0) is 43.3 Å². The van der Waals surface area contributed by atoms with Crippen LogP contribution in [0, 0.1) is 0 Å². The summed E-state index contributed by atoms with van der Waals surface area (Å²) < 4.78 is 14.7. The molecule has 2 aromatic rings. The Labute approximate surface area is 150 Å². The predicted molar refractivity (Wildman–Crippen MR) is 94.7 cm³/mol. The molecule has 2 rings (SSSR count). The van der Waals surface area contributed by atoms with Gasteiger partial charge in [0.15, 0.2) is 0 Å². The van der Waals surface area contributed by atoms with Crippen LogP contribution in [0.3, 0.4) is 0 Å². The number of benzene rings is 2. The Bertz CT molecular complexity index is 796. The van der Waals surface area contributed by atoms with E-state index >= 15 is 0 Å². The molecule has 7 heteroatoms. The third kappa shape index (κ3) is 4.60. The second-order valence-corrected chi connectivity index (χ2v) is 5.20. The molecule has 0 heterocycles. The molecule has 0 saturated heterocycles. The number of rotatable bonds is 6. The van der Waals surface area contributed by atoms with Gasteiger partial charge in [0.2, 0.25) is 0 Å². The van der Waals surface area contributed by atoms with Crippen LogP contribution in [0.4, 0.5) is 5.69 Å². The topological polar surface area (TPSA) is 90.9 Å². The number of hydrogen-bond donors (Lipinski definition) is 1. The minimum Gasteiger partial charge on any atom is -0.494 e. The number of methoxy groups -OCH3 is 2. The number of nitrogens with one attached hydrogen (secondary N) is 1. The van der Waals surface area contributed by atoms with E-state index in [4.69, 9.17) is 4.74 Å². The molecule has 0 unspecified atom stereocenters. The summed E-state index contributed by atoms with van der Waals surface area (Å²) in [6, 6.07) is 10.8. The van der Waals surface area contributed by atoms with E-state index in [9.17, 15) is 14.4 Å². The molecule has 2 aromatic carbocycles. The van der Waals surface area contributed by atoms with Crippen molar-refractivity contribution in [2.24, 2.45) is 0 Å². The second kappa shape index (κ2) is 8.66. The Hall–Kier alpha value is -3.35. The molecule has 1 N–H and O–H groups in total. The van der Waals surface area contributed by atoms with Crippen molar-refractivity contribution in [1.82, 2.24) is 0 Å². The molecule has 0 saturated carbocycles. The quantitative estimate of drug-likeness (QED) is 0.800. The molecule has 0 spiro atoms. The normalized spacial score (nSPS) is 9.96. The summed E-state index contributed by atoms with van der Waals surface area (Å²) >= 11 is 0. The smallest absolute Gasteiger partial charge is 0.337 e. The van der Waals surface area contributed by atoms with Crippen LogP contribution in [0.15, 0.2) is 42.5 Å². The maximum Gasteiger partial charge on any atom is 0.337 e. The largest absolute Gasteiger partial charge is 0.494 e. The maximum absolute atomic E-state index is 12.5. The Morgan fingerprint density at radius 2 is 1.50 bits per heavy atom. The van der Waals surface area contributed by atoms with Crippen LogP contribution in [-0.4, -0.2) is 38.7 Å². The first-order valence-corrected chi connectivity index (χ1v) is 7.84. The van der Waals surface area contributed by atoms with E-state index in [1.54, 1.807) is 24.3 Å². The number of anilines is 1. The van der Waals surface area contributed by atoms with Crippen LogP contribution in [0.2, 0.25) is 0 Å². The number of amides is 1. The molecule has 0 radical (unpaired) electrons. The number of carbonyl (C=O) groups excluding carboxylic acids is 3. The van der Waals surface area contributed by atoms with Crippen molar-refractivity contribution in [2.45, 2.75) is 6.92 Å². The molecular weight excluding hydrogens is 338 g/mol. The fourth-order valence-electron chi connectivity index (χ4n) is 2.27. The van der Waals surface area contributed by atoms with Gasteiger partial charge in [-0.15, -0.1) is 0 Å². The minimum atomic E-state index is -0.635. The van der Waals surface area contributed by atoms with Gasteiger partial charge in [0.1, 0.15) is 5.75 Å². The summed E-state index contributed by atoms with van der Waals surface area (Å²) in [5.41, 5.74) is 0.877. The van der Waals surface area contributed by atoms with E-state index in [1.165, 1.54) is 32.4 Å². The third-order valence-electron chi connectivity index (χ3n) is 3.44. The van der Waals surface area contributed by atoms with Crippen LogP contribution in [-0.2, 0) is 9.47 Å². The van der Waals surface area contributed by atoms with E-state index in [0.29, 0.717) is 17.9 Å². The average Bonchev–Trinajstić information content (AvgIpc) is 2.66. The molecule has 0 fully saturated rings. The van der Waals surface area contributed by atoms with Crippen molar-refractivity contribution in [2.75, 3.05) is 26.1 Å². The molecule has 0 aromatic heterocycles. The highest BCUT2D eigenvalue weighted by Gasteiger charge is 2.15. The first kappa shape index (κ1) is 19.0. The molecule has 26 heavy (non-hydrogen) atoms. The zero-order valence-corrected chi connectivity index (χ0v) is 14.7. The molecule has 0 atom stereocenters. The van der Waals surface area contributed by atoms with Crippen LogP contribution >= 0.6 is 0 Å². The SMILES string of the molecule is CCOc1cccc(C(=O)Nc2cc(C(=O)OC)cc(C(=O)OC)c2)c1. The lowest BCUT2D eigenvalue weighted by Gasteiger charge is -2.10. The van der Waals surface area contributed by atoms with Gasteiger partial charge in [-0.3, -0.25) is 4.79 Å². The molecule has 0 aliphatic heterocycles. The first-order valence-electron chi connectivity index (χ1n) is 7.84. The first-order chi connectivity index (χ1) is 12.5. The van der Waals surface area contributed by atoms with Gasteiger partial charge in [-0.2, -0.15) is 0 Å². The van der Waals surface area contributed by atoms with E-state index in [2.05, 4.69) is 14.8 Å². The lowest BCUT2D eigenvalue weighted by Crippen LogP contribution is -2.14. The maximum atomic E-state index is 12.5. The van der Waals surface area contributed by atoms with E-state index < -0.39 is 17.8 Å². The molecular formula is C19H19NO6. The van der Waals surface area contributed by atoms with Crippen LogP contribution in [0.25, 0.3) is 0 Å². The van der Waals surface area contributed by atoms with Crippen LogP contribution < -0.4 is 10.1 Å². The fraction of sp³-hybridized carbons (Fsp3) is 0.211. The van der Waals surface area contributed by atoms with E-state index in [-0.39, 0.29) is 16.8 Å². The molecule has 7 nitrogen and oxygen atoms in total. The number of esters is 2. The molecule has 1 amide bonds. The monoisotopic (exact) mass is 357 g/mol. The zero-order chi connectivity index (χ0) is 19.1. The van der Waals surface area contributed by atoms with Crippen LogP contribution in [0.1, 0.15) is 38.0 Å². The lowest BCUT2D eigenvalue weighted by molar-refractivity contribution is 0.0599. The van der Waals surface area contributed by atoms with Gasteiger partial charge in [-0.25, -0.2) is 9.59 Å². The number of hydrogen-bond acceptors (Lipinski definition) is 6. The molecule has 0 bridgehead atoms. The van der Waals surface area contributed by atoms with Crippen molar-refractivity contribution >= 4 is 23.5 Å². The summed E-state index contributed by atoms with van der Waals surface area (Å²) in [5.74, 6) is -1.11. The summed E-state index contributed by atoms with van der Waals surface area (Å²) in [7, 11) is 2.45. The number of carbonyl (C=O) groups is 3.